The minimum atomic E-state index is -0.463. The van der Waals surface area contributed by atoms with Crippen LogP contribution in [0.5, 0.6) is 5.75 Å². The molecule has 1 saturated heterocycles. The average molecular weight is 466 g/mol. The van der Waals surface area contributed by atoms with Gasteiger partial charge in [0.15, 0.2) is 0 Å². The number of aryl methyl sites for hydroxylation is 1. The number of thioether (sulfide) groups is 1. The van der Waals surface area contributed by atoms with Crippen molar-refractivity contribution in [1.29, 1.82) is 0 Å². The van der Waals surface area contributed by atoms with Crippen molar-refractivity contribution in [2.75, 3.05) is 18.8 Å². The van der Waals surface area contributed by atoms with Gasteiger partial charge in [0.25, 0.3) is 0 Å². The summed E-state index contributed by atoms with van der Waals surface area (Å²) >= 11 is 1.88. The Morgan fingerprint density at radius 1 is 1.12 bits per heavy atom. The topological polar surface area (TPSA) is 38.8 Å². The van der Waals surface area contributed by atoms with Gasteiger partial charge in [0.05, 0.1) is 0 Å². The summed E-state index contributed by atoms with van der Waals surface area (Å²) < 4.78 is 12.1. The molecule has 0 bridgehead atoms. The van der Waals surface area contributed by atoms with Crippen molar-refractivity contribution in [2.24, 2.45) is 0 Å². The lowest BCUT2D eigenvalue weighted by Crippen LogP contribution is -2.52. The average Bonchev–Trinajstić information content (AvgIpc) is 2.79. The molecule has 176 valence electrons. The van der Waals surface area contributed by atoms with Crippen LogP contribution in [0, 0.1) is 0 Å². The van der Waals surface area contributed by atoms with Crippen LogP contribution < -0.4 is 4.74 Å². The maximum absolute atomic E-state index is 12.4. The number of nitrogens with zero attached hydrogens (tertiary/aromatic N) is 1. The van der Waals surface area contributed by atoms with Gasteiger partial charge in [0.2, 0.25) is 0 Å². The Morgan fingerprint density at radius 3 is 2.48 bits per heavy atom. The number of piperidine rings is 1. The van der Waals surface area contributed by atoms with Crippen molar-refractivity contribution in [3.8, 4) is 16.9 Å². The smallest absolute Gasteiger partial charge is 0.410 e. The van der Waals surface area contributed by atoms with Gasteiger partial charge in [0, 0.05) is 37.4 Å². The molecule has 2 aliphatic rings. The highest BCUT2D eigenvalue weighted by Gasteiger charge is 2.41. The van der Waals surface area contributed by atoms with Gasteiger partial charge in [-0.2, -0.15) is 11.8 Å². The number of ether oxygens (including phenoxy) is 2. The molecule has 4 nitrogen and oxygen atoms in total. The molecule has 2 aromatic rings. The number of hydrogen-bond donors (Lipinski definition) is 0. The number of amides is 1. The van der Waals surface area contributed by atoms with Crippen molar-refractivity contribution in [3.63, 3.8) is 0 Å². The Hall–Kier alpha value is -2.40. The van der Waals surface area contributed by atoms with Gasteiger partial charge in [-0.1, -0.05) is 36.4 Å². The number of likely N-dealkylation sites (tertiary alicyclic amines) is 1. The van der Waals surface area contributed by atoms with Crippen LogP contribution >= 0.6 is 11.8 Å². The number of fused-ring (bicyclic) bond motifs is 1. The molecular formula is C28H35NO3S. The molecule has 1 spiro atoms. The Balaban J connectivity index is 1.38. The van der Waals surface area contributed by atoms with Crippen LogP contribution in [0.2, 0.25) is 0 Å². The lowest BCUT2D eigenvalue weighted by molar-refractivity contribution is -0.0272. The van der Waals surface area contributed by atoms with E-state index in [1.165, 1.54) is 22.3 Å². The number of carbonyl (C=O) groups is 1. The Kier molecular flexibility index (Phi) is 7.08. The van der Waals surface area contributed by atoms with Crippen LogP contribution in [-0.2, 0) is 16.9 Å². The maximum Gasteiger partial charge on any atom is 0.410 e. The van der Waals surface area contributed by atoms with E-state index >= 15 is 0 Å². The number of benzene rings is 2. The monoisotopic (exact) mass is 465 g/mol. The number of hydrogen-bond acceptors (Lipinski definition) is 4. The van der Waals surface area contributed by atoms with Gasteiger partial charge in [-0.3, -0.25) is 0 Å². The standard InChI is InChI=1S/C28H35NO3S/c1-5-18-33-20-21-6-8-22(9-7-21)23-10-11-25-24(19-23)12-13-28(31-25)14-16-29(17-15-28)26(30)32-27(2,3)4/h5-11,19H,1,12-18,20H2,2-4H3. The molecule has 4 rings (SSSR count). The minimum absolute atomic E-state index is 0.169. The molecule has 1 amide bonds. The molecule has 0 atom stereocenters. The van der Waals surface area contributed by atoms with Crippen LogP contribution in [0.15, 0.2) is 55.1 Å². The number of carbonyl (C=O) groups excluding carboxylic acids is 1. The third kappa shape index (κ3) is 5.94. The predicted molar refractivity (Wildman–Crippen MR) is 137 cm³/mol. The Bertz CT molecular complexity index is 985. The molecular weight excluding hydrogens is 430 g/mol. The second-order valence-electron chi connectivity index (χ2n) is 10.1. The summed E-state index contributed by atoms with van der Waals surface area (Å²) in [7, 11) is 0. The van der Waals surface area contributed by atoms with Gasteiger partial charge in [-0.15, -0.1) is 6.58 Å². The van der Waals surface area contributed by atoms with E-state index in [-0.39, 0.29) is 11.7 Å². The summed E-state index contributed by atoms with van der Waals surface area (Å²) in [6, 6.07) is 15.4. The van der Waals surface area contributed by atoms with Gasteiger partial charge in [-0.25, -0.2) is 4.79 Å². The van der Waals surface area contributed by atoms with Crippen LogP contribution in [0.4, 0.5) is 4.79 Å². The van der Waals surface area contributed by atoms with Gasteiger partial charge < -0.3 is 14.4 Å². The SMILES string of the molecule is C=CCSCc1ccc(-c2ccc3c(c2)CCC2(CCN(C(=O)OC(C)(C)C)CC2)O3)cc1. The number of rotatable bonds is 5. The van der Waals surface area contributed by atoms with E-state index in [9.17, 15) is 4.79 Å². The highest BCUT2D eigenvalue weighted by Crippen LogP contribution is 2.41. The largest absolute Gasteiger partial charge is 0.487 e. The maximum atomic E-state index is 12.4. The fourth-order valence-corrected chi connectivity index (χ4v) is 5.24. The quantitative estimate of drug-likeness (QED) is 0.357. The molecule has 0 radical (unpaired) electrons. The summed E-state index contributed by atoms with van der Waals surface area (Å²) in [5, 5.41) is 0. The summed E-state index contributed by atoms with van der Waals surface area (Å²) in [6.45, 7) is 10.9. The fourth-order valence-electron chi connectivity index (χ4n) is 4.53. The van der Waals surface area contributed by atoms with Gasteiger partial charge in [0.1, 0.15) is 17.0 Å². The molecule has 2 aromatic carbocycles. The molecule has 0 aromatic heterocycles. The first-order valence-electron chi connectivity index (χ1n) is 11.8. The van der Waals surface area contributed by atoms with E-state index in [1.54, 1.807) is 0 Å². The van der Waals surface area contributed by atoms with E-state index in [4.69, 9.17) is 9.47 Å². The van der Waals surface area contributed by atoms with E-state index in [0.29, 0.717) is 13.1 Å². The zero-order valence-corrected chi connectivity index (χ0v) is 20.9. The molecule has 0 unspecified atom stereocenters. The van der Waals surface area contributed by atoms with Crippen molar-refractivity contribution in [1.82, 2.24) is 4.90 Å². The first kappa shape index (κ1) is 23.7. The van der Waals surface area contributed by atoms with Crippen LogP contribution in [-0.4, -0.2) is 41.0 Å². The highest BCUT2D eigenvalue weighted by atomic mass is 32.2. The second-order valence-corrected chi connectivity index (χ2v) is 11.1. The Labute approximate surface area is 202 Å². The van der Waals surface area contributed by atoms with E-state index in [2.05, 4.69) is 49.0 Å². The highest BCUT2D eigenvalue weighted by molar-refractivity contribution is 7.98. The summed E-state index contributed by atoms with van der Waals surface area (Å²) in [5.41, 5.74) is 4.46. The fraction of sp³-hybridized carbons (Fsp3) is 0.464. The van der Waals surface area contributed by atoms with E-state index in [0.717, 1.165) is 42.9 Å². The molecule has 0 aliphatic carbocycles. The van der Waals surface area contributed by atoms with Crippen molar-refractivity contribution in [3.05, 3.63) is 66.2 Å². The first-order chi connectivity index (χ1) is 15.8. The lowest BCUT2D eigenvalue weighted by atomic mass is 9.82. The minimum Gasteiger partial charge on any atom is -0.487 e. The molecule has 33 heavy (non-hydrogen) atoms. The lowest BCUT2D eigenvalue weighted by Gasteiger charge is -2.44. The summed E-state index contributed by atoms with van der Waals surface area (Å²) in [6.07, 6.45) is 5.42. The van der Waals surface area contributed by atoms with Crippen molar-refractivity contribution >= 4 is 17.9 Å². The Morgan fingerprint density at radius 2 is 1.82 bits per heavy atom. The summed E-state index contributed by atoms with van der Waals surface area (Å²) in [5.74, 6) is 2.98. The van der Waals surface area contributed by atoms with E-state index < -0.39 is 5.60 Å². The predicted octanol–water partition coefficient (Wildman–Crippen LogP) is 6.87. The zero-order valence-electron chi connectivity index (χ0n) is 20.1. The van der Waals surface area contributed by atoms with Crippen LogP contribution in [0.1, 0.15) is 51.2 Å². The molecule has 0 N–H and O–H groups in total. The molecule has 2 heterocycles. The third-order valence-corrected chi connectivity index (χ3v) is 7.36. The van der Waals surface area contributed by atoms with Crippen LogP contribution in [0.3, 0.4) is 0 Å². The summed E-state index contributed by atoms with van der Waals surface area (Å²) in [4.78, 5) is 14.2. The molecule has 1 fully saturated rings. The van der Waals surface area contributed by atoms with Gasteiger partial charge in [-0.05, 0) is 68.0 Å². The van der Waals surface area contributed by atoms with Crippen LogP contribution in [0.25, 0.3) is 11.1 Å². The van der Waals surface area contributed by atoms with Gasteiger partial charge >= 0.3 is 6.09 Å². The normalized spacial score (nSPS) is 17.2. The second kappa shape index (κ2) is 9.84. The molecule has 0 saturated carbocycles. The van der Waals surface area contributed by atoms with Crippen molar-refractivity contribution < 1.29 is 14.3 Å². The molecule has 2 aliphatic heterocycles. The molecule has 5 heteroatoms. The zero-order chi connectivity index (χ0) is 23.5. The van der Waals surface area contributed by atoms with E-state index in [1.807, 2.05) is 43.5 Å². The first-order valence-corrected chi connectivity index (χ1v) is 13.0. The third-order valence-electron chi connectivity index (χ3n) is 6.35. The van der Waals surface area contributed by atoms with Crippen molar-refractivity contribution in [2.45, 2.75) is 63.4 Å².